The number of ether oxygens (including phenoxy) is 3. The highest BCUT2D eigenvalue weighted by Gasteiger charge is 2.33. The lowest BCUT2D eigenvalue weighted by molar-refractivity contribution is -0.142. The molecule has 7 heteroatoms. The minimum atomic E-state index is -0.327. The Balaban J connectivity index is 1.64. The van der Waals surface area contributed by atoms with Gasteiger partial charge in [0, 0.05) is 56.6 Å². The van der Waals surface area contributed by atoms with E-state index in [-0.39, 0.29) is 18.1 Å². The minimum Gasteiger partial charge on any atom is -0.497 e. The van der Waals surface area contributed by atoms with Crippen LogP contribution in [-0.4, -0.2) is 70.0 Å². The zero-order valence-electron chi connectivity index (χ0n) is 15.6. The predicted molar refractivity (Wildman–Crippen MR) is 99.9 cm³/mol. The number of nitrogens with two attached hydrogens (primary N) is 1. The Morgan fingerprint density at radius 1 is 1.12 bits per heavy atom. The van der Waals surface area contributed by atoms with Gasteiger partial charge < -0.3 is 29.7 Å². The van der Waals surface area contributed by atoms with Gasteiger partial charge >= 0.3 is 0 Å². The van der Waals surface area contributed by atoms with Gasteiger partial charge in [0.25, 0.3) is 5.91 Å². The number of benzene rings is 1. The van der Waals surface area contributed by atoms with Crippen LogP contribution in [0.2, 0.25) is 0 Å². The predicted octanol–water partition coefficient (Wildman–Crippen LogP) is 1.25. The molecule has 144 valence electrons. The SMILES string of the molecule is COc1cc(OC)cc(N2CCCN(C(=O)[C@@H]3CC[C@H](CN)O3)CC2)c1. The zero-order valence-corrected chi connectivity index (χ0v) is 15.6. The fourth-order valence-electron chi connectivity index (χ4n) is 3.64. The summed E-state index contributed by atoms with van der Waals surface area (Å²) in [6, 6.07) is 5.88. The monoisotopic (exact) mass is 363 g/mol. The third kappa shape index (κ3) is 4.22. The topological polar surface area (TPSA) is 77.3 Å². The average Bonchev–Trinajstić information content (AvgIpc) is 3.03. The Morgan fingerprint density at radius 3 is 2.46 bits per heavy atom. The molecule has 7 nitrogen and oxygen atoms in total. The highest BCUT2D eigenvalue weighted by molar-refractivity contribution is 5.81. The summed E-state index contributed by atoms with van der Waals surface area (Å²) < 4.78 is 16.5. The number of hydrogen-bond acceptors (Lipinski definition) is 6. The van der Waals surface area contributed by atoms with E-state index in [0.29, 0.717) is 13.1 Å². The minimum absolute atomic E-state index is 0.0247. The molecule has 26 heavy (non-hydrogen) atoms. The van der Waals surface area contributed by atoms with Crippen molar-refractivity contribution < 1.29 is 19.0 Å². The third-order valence-corrected chi connectivity index (χ3v) is 5.15. The number of methoxy groups -OCH3 is 2. The van der Waals surface area contributed by atoms with Crippen molar-refractivity contribution in [3.05, 3.63) is 18.2 Å². The molecule has 2 saturated heterocycles. The van der Waals surface area contributed by atoms with Crippen LogP contribution in [-0.2, 0) is 9.53 Å². The Labute approximate surface area is 155 Å². The standard InChI is InChI=1S/C19H29N3O4/c1-24-16-10-14(11-17(12-16)25-2)21-6-3-7-22(9-8-21)19(23)18-5-4-15(13-20)26-18/h10-12,15,18H,3-9,13,20H2,1-2H3/t15-,18+/m1/s1. The van der Waals surface area contributed by atoms with Gasteiger partial charge in [0.15, 0.2) is 0 Å². The van der Waals surface area contributed by atoms with Gasteiger partial charge in [0.1, 0.15) is 17.6 Å². The van der Waals surface area contributed by atoms with E-state index >= 15 is 0 Å². The van der Waals surface area contributed by atoms with E-state index < -0.39 is 0 Å². The maximum absolute atomic E-state index is 12.8. The molecule has 0 radical (unpaired) electrons. The number of amides is 1. The van der Waals surface area contributed by atoms with Crippen molar-refractivity contribution in [2.24, 2.45) is 5.73 Å². The third-order valence-electron chi connectivity index (χ3n) is 5.15. The largest absolute Gasteiger partial charge is 0.497 e. The molecule has 0 bridgehead atoms. The number of nitrogens with zero attached hydrogens (tertiary/aromatic N) is 2. The first-order valence-electron chi connectivity index (χ1n) is 9.27. The van der Waals surface area contributed by atoms with Gasteiger partial charge in [0.2, 0.25) is 0 Å². The number of hydrogen-bond donors (Lipinski definition) is 1. The van der Waals surface area contributed by atoms with Gasteiger partial charge in [-0.3, -0.25) is 4.79 Å². The van der Waals surface area contributed by atoms with E-state index in [1.54, 1.807) is 14.2 Å². The fraction of sp³-hybridized carbons (Fsp3) is 0.632. The molecule has 2 aliphatic rings. The molecule has 2 aliphatic heterocycles. The number of rotatable bonds is 5. The quantitative estimate of drug-likeness (QED) is 0.848. The van der Waals surface area contributed by atoms with Crippen LogP contribution < -0.4 is 20.1 Å². The average molecular weight is 363 g/mol. The summed E-state index contributed by atoms with van der Waals surface area (Å²) >= 11 is 0. The van der Waals surface area contributed by atoms with Crippen molar-refractivity contribution in [1.29, 1.82) is 0 Å². The van der Waals surface area contributed by atoms with Gasteiger partial charge in [-0.05, 0) is 19.3 Å². The summed E-state index contributed by atoms with van der Waals surface area (Å²) in [6.45, 7) is 3.58. The van der Waals surface area contributed by atoms with E-state index in [4.69, 9.17) is 19.9 Å². The van der Waals surface area contributed by atoms with Crippen LogP contribution in [0, 0.1) is 0 Å². The molecule has 0 saturated carbocycles. The second kappa shape index (κ2) is 8.60. The number of carbonyl (C=O) groups excluding carboxylic acids is 1. The molecule has 0 unspecified atom stereocenters. The van der Waals surface area contributed by atoms with Crippen molar-refractivity contribution in [3.8, 4) is 11.5 Å². The van der Waals surface area contributed by atoms with Crippen LogP contribution in [0.15, 0.2) is 18.2 Å². The molecule has 0 aliphatic carbocycles. The van der Waals surface area contributed by atoms with E-state index in [1.807, 2.05) is 23.1 Å². The lowest BCUT2D eigenvalue weighted by Crippen LogP contribution is -2.41. The van der Waals surface area contributed by atoms with Gasteiger partial charge in [-0.15, -0.1) is 0 Å². The Kier molecular flexibility index (Phi) is 6.21. The highest BCUT2D eigenvalue weighted by atomic mass is 16.5. The normalized spacial score (nSPS) is 23.7. The molecule has 2 fully saturated rings. The first-order valence-corrected chi connectivity index (χ1v) is 9.27. The summed E-state index contributed by atoms with van der Waals surface area (Å²) in [5, 5.41) is 0. The first kappa shape index (κ1) is 18.8. The van der Waals surface area contributed by atoms with Crippen LogP contribution in [0.1, 0.15) is 19.3 Å². The zero-order chi connectivity index (χ0) is 18.5. The summed E-state index contributed by atoms with van der Waals surface area (Å²) in [7, 11) is 3.30. The fourth-order valence-corrected chi connectivity index (χ4v) is 3.64. The van der Waals surface area contributed by atoms with Crippen molar-refractivity contribution in [3.63, 3.8) is 0 Å². The van der Waals surface area contributed by atoms with Crippen molar-refractivity contribution in [2.45, 2.75) is 31.5 Å². The van der Waals surface area contributed by atoms with E-state index in [0.717, 1.165) is 56.1 Å². The summed E-state index contributed by atoms with van der Waals surface area (Å²) in [5.41, 5.74) is 6.70. The molecule has 0 aromatic heterocycles. The molecule has 1 aromatic rings. The van der Waals surface area contributed by atoms with Gasteiger partial charge in [-0.2, -0.15) is 0 Å². The second-order valence-electron chi connectivity index (χ2n) is 6.80. The molecule has 2 atom stereocenters. The van der Waals surface area contributed by atoms with Crippen LogP contribution in [0.5, 0.6) is 11.5 Å². The maximum atomic E-state index is 12.8. The Morgan fingerprint density at radius 2 is 1.85 bits per heavy atom. The maximum Gasteiger partial charge on any atom is 0.251 e. The Bertz CT molecular complexity index is 603. The molecule has 2 heterocycles. The van der Waals surface area contributed by atoms with Crippen LogP contribution in [0.25, 0.3) is 0 Å². The van der Waals surface area contributed by atoms with E-state index in [9.17, 15) is 4.79 Å². The number of anilines is 1. The molecular weight excluding hydrogens is 334 g/mol. The van der Waals surface area contributed by atoms with Gasteiger partial charge in [-0.25, -0.2) is 0 Å². The molecule has 0 spiro atoms. The van der Waals surface area contributed by atoms with Crippen molar-refractivity contribution in [2.75, 3.05) is 51.8 Å². The van der Waals surface area contributed by atoms with E-state index in [1.165, 1.54) is 0 Å². The van der Waals surface area contributed by atoms with Crippen molar-refractivity contribution >= 4 is 11.6 Å². The van der Waals surface area contributed by atoms with Crippen molar-refractivity contribution in [1.82, 2.24) is 4.90 Å². The second-order valence-corrected chi connectivity index (χ2v) is 6.80. The molecule has 2 N–H and O–H groups in total. The first-order chi connectivity index (χ1) is 12.6. The van der Waals surface area contributed by atoms with Crippen LogP contribution >= 0.6 is 0 Å². The van der Waals surface area contributed by atoms with E-state index in [2.05, 4.69) is 4.90 Å². The lowest BCUT2D eigenvalue weighted by Gasteiger charge is -2.26. The summed E-state index contributed by atoms with van der Waals surface area (Å²) in [4.78, 5) is 17.0. The lowest BCUT2D eigenvalue weighted by atomic mass is 10.2. The Hall–Kier alpha value is -1.99. The highest BCUT2D eigenvalue weighted by Crippen LogP contribution is 2.29. The van der Waals surface area contributed by atoms with Crippen LogP contribution in [0.3, 0.4) is 0 Å². The summed E-state index contributed by atoms with van der Waals surface area (Å²) in [6.07, 6.45) is 2.26. The molecular formula is C19H29N3O4. The smallest absolute Gasteiger partial charge is 0.251 e. The van der Waals surface area contributed by atoms with Gasteiger partial charge in [-0.1, -0.05) is 0 Å². The molecule has 3 rings (SSSR count). The van der Waals surface area contributed by atoms with Crippen LogP contribution in [0.4, 0.5) is 5.69 Å². The molecule has 1 amide bonds. The number of carbonyl (C=O) groups is 1. The summed E-state index contributed by atoms with van der Waals surface area (Å²) in [5.74, 6) is 1.64. The molecule has 1 aromatic carbocycles. The van der Waals surface area contributed by atoms with Gasteiger partial charge in [0.05, 0.1) is 20.3 Å².